The number of hydrogen-bond acceptors (Lipinski definition) is 5. The van der Waals surface area contributed by atoms with Crippen LogP contribution in [0.15, 0.2) is 23.6 Å². The number of aryl methyl sites for hydroxylation is 1. The molecule has 0 spiro atoms. The summed E-state index contributed by atoms with van der Waals surface area (Å²) < 4.78 is 84.7. The highest BCUT2D eigenvalue weighted by atomic mass is 32.1. The first-order valence-corrected chi connectivity index (χ1v) is 12.6. The van der Waals surface area contributed by atoms with E-state index in [4.69, 9.17) is 4.74 Å². The maximum absolute atomic E-state index is 13.5. The molecule has 1 amide bonds. The molecule has 198 valence electrons. The summed E-state index contributed by atoms with van der Waals surface area (Å²) in [5.41, 5.74) is -3.52. The van der Waals surface area contributed by atoms with E-state index >= 15 is 0 Å². The van der Waals surface area contributed by atoms with Gasteiger partial charge in [-0.25, -0.2) is 4.98 Å². The number of ether oxygens (including phenoxy) is 1. The first-order valence-electron chi connectivity index (χ1n) is 11.7. The third-order valence-corrected chi connectivity index (χ3v) is 7.63. The summed E-state index contributed by atoms with van der Waals surface area (Å²) in [5.74, 6) is -0.449. The van der Waals surface area contributed by atoms with Gasteiger partial charge in [-0.15, -0.1) is 11.3 Å². The lowest BCUT2D eigenvalue weighted by Gasteiger charge is -2.29. The lowest BCUT2D eigenvalue weighted by molar-refractivity contribution is -0.143. The summed E-state index contributed by atoms with van der Waals surface area (Å²) in [5, 5.41) is 8.78. The maximum Gasteiger partial charge on any atom is 0.416 e. The number of amides is 1. The van der Waals surface area contributed by atoms with Crippen LogP contribution in [-0.4, -0.2) is 36.2 Å². The number of nitrogens with zero attached hydrogens (tertiary/aromatic N) is 1. The van der Waals surface area contributed by atoms with Crippen molar-refractivity contribution in [1.29, 1.82) is 0 Å². The smallest absolute Gasteiger partial charge is 0.381 e. The summed E-state index contributed by atoms with van der Waals surface area (Å²) in [6, 6.07) is 1.66. The molecule has 1 aromatic heterocycles. The number of alkyl halides is 6. The predicted octanol–water partition coefficient (Wildman–Crippen LogP) is 5.36. The molecule has 4 rings (SSSR count). The molecule has 2 fully saturated rings. The number of aromatic nitrogens is 1. The van der Waals surface area contributed by atoms with Gasteiger partial charge in [-0.3, -0.25) is 4.79 Å². The molecule has 36 heavy (non-hydrogen) atoms. The molecule has 1 saturated heterocycles. The molecule has 1 aliphatic heterocycles. The van der Waals surface area contributed by atoms with Gasteiger partial charge in [0, 0.05) is 37.2 Å². The molecule has 2 aromatic rings. The van der Waals surface area contributed by atoms with E-state index in [1.54, 1.807) is 5.38 Å². The second-order valence-corrected chi connectivity index (χ2v) is 10.5. The topological polar surface area (TPSA) is 63.2 Å². The van der Waals surface area contributed by atoms with Crippen molar-refractivity contribution in [3.8, 4) is 0 Å². The van der Waals surface area contributed by atoms with Gasteiger partial charge in [0.15, 0.2) is 0 Å². The van der Waals surface area contributed by atoms with Crippen LogP contribution in [0.25, 0.3) is 0 Å². The van der Waals surface area contributed by atoms with Crippen molar-refractivity contribution in [2.45, 2.75) is 75.4 Å². The zero-order chi connectivity index (χ0) is 26.1. The lowest BCUT2D eigenvalue weighted by Crippen LogP contribution is -2.46. The van der Waals surface area contributed by atoms with Gasteiger partial charge in [0.25, 0.3) is 0 Å². The van der Waals surface area contributed by atoms with Gasteiger partial charge in [0.1, 0.15) is 0 Å². The van der Waals surface area contributed by atoms with Gasteiger partial charge in [0.2, 0.25) is 5.91 Å². The Balaban J connectivity index is 1.54. The minimum Gasteiger partial charge on any atom is -0.381 e. The zero-order valence-electron chi connectivity index (χ0n) is 19.6. The van der Waals surface area contributed by atoms with Crippen LogP contribution in [0.5, 0.6) is 0 Å². The van der Waals surface area contributed by atoms with Crippen LogP contribution in [-0.2, 0) is 33.8 Å². The molecular formula is C24H27F6N3O2S. The predicted molar refractivity (Wildman–Crippen MR) is 121 cm³/mol. The Labute approximate surface area is 208 Å². The molecular weight excluding hydrogens is 508 g/mol. The Morgan fingerprint density at radius 1 is 1.06 bits per heavy atom. The summed E-state index contributed by atoms with van der Waals surface area (Å²) in [4.78, 5) is 18.0. The van der Waals surface area contributed by atoms with Crippen molar-refractivity contribution < 1.29 is 35.9 Å². The zero-order valence-corrected chi connectivity index (χ0v) is 20.4. The fourth-order valence-corrected chi connectivity index (χ4v) is 5.71. The Morgan fingerprint density at radius 2 is 1.69 bits per heavy atom. The fourth-order valence-electron chi connectivity index (χ4n) is 5.00. The van der Waals surface area contributed by atoms with Crippen molar-refractivity contribution in [3.63, 3.8) is 0 Å². The Bertz CT molecular complexity index is 1050. The second kappa shape index (κ2) is 10.3. The molecule has 1 saturated carbocycles. The van der Waals surface area contributed by atoms with Crippen molar-refractivity contribution in [2.24, 2.45) is 0 Å². The number of carbonyl (C=O) groups is 1. The highest BCUT2D eigenvalue weighted by Crippen LogP contribution is 2.42. The van der Waals surface area contributed by atoms with Crippen LogP contribution in [0.2, 0.25) is 0 Å². The Kier molecular flexibility index (Phi) is 7.68. The summed E-state index contributed by atoms with van der Waals surface area (Å²) in [6.07, 6.45) is -6.56. The summed E-state index contributed by atoms with van der Waals surface area (Å²) in [6.45, 7) is 2.68. The van der Waals surface area contributed by atoms with E-state index in [1.165, 1.54) is 11.3 Å². The number of benzene rings is 1. The average molecular weight is 536 g/mol. The number of halogens is 6. The monoisotopic (exact) mass is 535 g/mol. The molecule has 0 bridgehead atoms. The van der Waals surface area contributed by atoms with E-state index in [0.717, 1.165) is 17.8 Å². The standard InChI is InChI=1S/C24H27F6N3O2S/c1-14-32-20(13-36-14)22(5-2-19(11-22)33-18-3-6-35-7-4-18)21(34)31-12-15-8-16(23(25,26)27)10-17(9-15)24(28,29)30/h8-10,13,18-19,33H,2-7,11-12H2,1H3,(H,31,34). The highest BCUT2D eigenvalue weighted by Gasteiger charge is 2.48. The molecule has 2 aliphatic rings. The van der Waals surface area contributed by atoms with Gasteiger partial charge >= 0.3 is 12.4 Å². The van der Waals surface area contributed by atoms with Crippen LogP contribution in [0, 0.1) is 6.92 Å². The quantitative estimate of drug-likeness (QED) is 0.489. The first kappa shape index (κ1) is 26.9. The van der Waals surface area contributed by atoms with E-state index in [9.17, 15) is 31.1 Å². The highest BCUT2D eigenvalue weighted by molar-refractivity contribution is 7.09. The van der Waals surface area contributed by atoms with E-state index < -0.39 is 41.3 Å². The number of hydrogen-bond donors (Lipinski definition) is 2. The molecule has 1 aliphatic carbocycles. The Hall–Kier alpha value is -2.18. The third-order valence-electron chi connectivity index (χ3n) is 6.85. The van der Waals surface area contributed by atoms with Crippen molar-refractivity contribution in [3.05, 3.63) is 51.0 Å². The summed E-state index contributed by atoms with van der Waals surface area (Å²) in [7, 11) is 0. The third kappa shape index (κ3) is 6.03. The molecule has 2 unspecified atom stereocenters. The van der Waals surface area contributed by atoms with E-state index in [-0.39, 0.29) is 23.7 Å². The van der Waals surface area contributed by atoms with E-state index in [0.29, 0.717) is 50.3 Å². The average Bonchev–Trinajstić information content (AvgIpc) is 3.44. The van der Waals surface area contributed by atoms with Gasteiger partial charge in [-0.2, -0.15) is 26.3 Å². The van der Waals surface area contributed by atoms with Crippen LogP contribution in [0.3, 0.4) is 0 Å². The fraction of sp³-hybridized carbons (Fsp3) is 0.583. The molecule has 1 aromatic carbocycles. The van der Waals surface area contributed by atoms with Crippen molar-refractivity contribution in [1.82, 2.24) is 15.6 Å². The SMILES string of the molecule is Cc1nc(C2(C(=O)NCc3cc(C(F)(F)F)cc(C(F)(F)F)c3)CCC(NC3CCOCC3)C2)cs1. The van der Waals surface area contributed by atoms with Gasteiger partial charge in [-0.05, 0) is 62.8 Å². The summed E-state index contributed by atoms with van der Waals surface area (Å²) >= 11 is 1.39. The normalized spacial score (nSPS) is 23.7. The first-order chi connectivity index (χ1) is 16.9. The number of carbonyl (C=O) groups excluding carboxylic acids is 1. The largest absolute Gasteiger partial charge is 0.416 e. The maximum atomic E-state index is 13.5. The lowest BCUT2D eigenvalue weighted by atomic mass is 9.81. The van der Waals surface area contributed by atoms with E-state index in [2.05, 4.69) is 15.6 Å². The molecule has 5 nitrogen and oxygen atoms in total. The molecule has 2 N–H and O–H groups in total. The number of nitrogens with one attached hydrogen (secondary N) is 2. The minimum atomic E-state index is -4.95. The van der Waals surface area contributed by atoms with Crippen molar-refractivity contribution >= 4 is 17.2 Å². The molecule has 0 radical (unpaired) electrons. The van der Waals surface area contributed by atoms with Crippen LogP contribution < -0.4 is 10.6 Å². The van der Waals surface area contributed by atoms with Crippen LogP contribution >= 0.6 is 11.3 Å². The number of rotatable bonds is 6. The van der Waals surface area contributed by atoms with E-state index in [1.807, 2.05) is 6.92 Å². The molecule has 12 heteroatoms. The molecule has 2 atom stereocenters. The van der Waals surface area contributed by atoms with Crippen molar-refractivity contribution in [2.75, 3.05) is 13.2 Å². The molecule has 2 heterocycles. The van der Waals surface area contributed by atoms with Crippen LogP contribution in [0.1, 0.15) is 59.5 Å². The van der Waals surface area contributed by atoms with Gasteiger partial charge in [-0.1, -0.05) is 0 Å². The minimum absolute atomic E-state index is 0.0336. The van der Waals surface area contributed by atoms with Crippen LogP contribution in [0.4, 0.5) is 26.3 Å². The number of thiazole rings is 1. The second-order valence-electron chi connectivity index (χ2n) is 9.42. The van der Waals surface area contributed by atoms with Gasteiger partial charge in [0.05, 0.1) is 27.2 Å². The Morgan fingerprint density at radius 3 is 2.25 bits per heavy atom. The van der Waals surface area contributed by atoms with Gasteiger partial charge < -0.3 is 15.4 Å².